The smallest absolute Gasteiger partial charge is 0.320 e. The van der Waals surface area contributed by atoms with E-state index in [4.69, 9.17) is 0 Å². The van der Waals surface area contributed by atoms with Gasteiger partial charge in [-0.1, -0.05) is 19.9 Å². The van der Waals surface area contributed by atoms with E-state index in [1.807, 2.05) is 33.8 Å². The van der Waals surface area contributed by atoms with E-state index < -0.39 is 0 Å². The Bertz CT molecular complexity index is 226. The Hall–Kier alpha value is -0.990. The van der Waals surface area contributed by atoms with Gasteiger partial charge in [-0.3, -0.25) is 0 Å². The van der Waals surface area contributed by atoms with Gasteiger partial charge >= 0.3 is 6.03 Å². The second kappa shape index (κ2) is 5.79. The van der Waals surface area contributed by atoms with Gasteiger partial charge in [0.2, 0.25) is 0 Å². The second-order valence-corrected chi connectivity index (χ2v) is 4.97. The summed E-state index contributed by atoms with van der Waals surface area (Å²) in [6.07, 6.45) is 3.69. The van der Waals surface area contributed by atoms with Crippen LogP contribution in [0, 0.1) is 5.92 Å². The van der Waals surface area contributed by atoms with E-state index in [-0.39, 0.29) is 11.6 Å². The Labute approximate surface area is 93.5 Å². The second-order valence-electron chi connectivity index (χ2n) is 4.97. The molecule has 0 rings (SSSR count). The first kappa shape index (κ1) is 14.0. The molecule has 0 atom stereocenters. The van der Waals surface area contributed by atoms with Crippen molar-refractivity contribution in [2.24, 2.45) is 5.92 Å². The Kier molecular flexibility index (Phi) is 5.40. The van der Waals surface area contributed by atoms with Crippen molar-refractivity contribution in [3.05, 3.63) is 12.3 Å². The van der Waals surface area contributed by atoms with Gasteiger partial charge in [0.15, 0.2) is 0 Å². The van der Waals surface area contributed by atoms with Gasteiger partial charge < -0.3 is 10.2 Å². The van der Waals surface area contributed by atoms with Gasteiger partial charge in [0.25, 0.3) is 0 Å². The number of allylic oxidation sites excluding steroid dienone is 1. The number of nitrogens with one attached hydrogen (secondary N) is 1. The lowest BCUT2D eigenvalue weighted by Crippen LogP contribution is -2.49. The average Bonchev–Trinajstić information content (AvgIpc) is 2.01. The van der Waals surface area contributed by atoms with Gasteiger partial charge in [-0.2, -0.15) is 0 Å². The van der Waals surface area contributed by atoms with Crippen LogP contribution in [-0.2, 0) is 0 Å². The number of urea groups is 1. The molecule has 0 fully saturated rings. The number of carbonyl (C=O) groups excluding carboxylic acids is 1. The molecule has 0 spiro atoms. The lowest BCUT2D eigenvalue weighted by Gasteiger charge is -2.34. The monoisotopic (exact) mass is 212 g/mol. The summed E-state index contributed by atoms with van der Waals surface area (Å²) in [6.45, 7) is 12.9. The maximum atomic E-state index is 11.8. The van der Waals surface area contributed by atoms with Gasteiger partial charge in [0.05, 0.1) is 0 Å². The standard InChI is InChI=1S/C12H24N2O/c1-7-14(12(4,5)6)11(15)13-9-8-10(2)3/h8-10H,7H2,1-6H3,(H,13,15)/b9-8+. The molecular weight excluding hydrogens is 188 g/mol. The molecule has 0 heterocycles. The van der Waals surface area contributed by atoms with Crippen molar-refractivity contribution in [1.29, 1.82) is 0 Å². The predicted octanol–water partition coefficient (Wildman–Crippen LogP) is 2.99. The minimum atomic E-state index is -0.134. The van der Waals surface area contributed by atoms with E-state index >= 15 is 0 Å². The fraction of sp³-hybridized carbons (Fsp3) is 0.750. The number of nitrogens with zero attached hydrogens (tertiary/aromatic N) is 1. The molecule has 0 aliphatic rings. The summed E-state index contributed by atoms with van der Waals surface area (Å²) < 4.78 is 0. The summed E-state index contributed by atoms with van der Waals surface area (Å²) in [5, 5.41) is 2.78. The molecule has 0 aromatic heterocycles. The first-order chi connectivity index (χ1) is 6.79. The van der Waals surface area contributed by atoms with E-state index in [0.717, 1.165) is 0 Å². The number of hydrogen-bond donors (Lipinski definition) is 1. The molecule has 0 aliphatic heterocycles. The van der Waals surface area contributed by atoms with Crippen molar-refractivity contribution in [3.63, 3.8) is 0 Å². The van der Waals surface area contributed by atoms with Crippen LogP contribution in [0.3, 0.4) is 0 Å². The molecule has 2 amide bonds. The van der Waals surface area contributed by atoms with Crippen molar-refractivity contribution in [2.45, 2.75) is 47.1 Å². The van der Waals surface area contributed by atoms with Crippen LogP contribution < -0.4 is 5.32 Å². The van der Waals surface area contributed by atoms with Gasteiger partial charge in [-0.05, 0) is 33.6 Å². The lowest BCUT2D eigenvalue weighted by atomic mass is 10.1. The fourth-order valence-corrected chi connectivity index (χ4v) is 1.31. The highest BCUT2D eigenvalue weighted by Gasteiger charge is 2.23. The summed E-state index contributed by atoms with van der Waals surface area (Å²) in [4.78, 5) is 13.6. The fourth-order valence-electron chi connectivity index (χ4n) is 1.31. The van der Waals surface area contributed by atoms with Gasteiger partial charge in [-0.15, -0.1) is 0 Å². The predicted molar refractivity (Wildman–Crippen MR) is 64.6 cm³/mol. The van der Waals surface area contributed by atoms with Crippen LogP contribution in [0.4, 0.5) is 4.79 Å². The van der Waals surface area contributed by atoms with Crippen LogP contribution in [0.2, 0.25) is 0 Å². The van der Waals surface area contributed by atoms with Crippen molar-refractivity contribution in [2.75, 3.05) is 6.54 Å². The Morgan fingerprint density at radius 1 is 1.40 bits per heavy atom. The van der Waals surface area contributed by atoms with E-state index in [0.29, 0.717) is 12.5 Å². The lowest BCUT2D eigenvalue weighted by molar-refractivity contribution is 0.153. The van der Waals surface area contributed by atoms with Crippen LogP contribution in [-0.4, -0.2) is 23.0 Å². The first-order valence-corrected chi connectivity index (χ1v) is 5.53. The van der Waals surface area contributed by atoms with E-state index in [1.54, 1.807) is 11.1 Å². The van der Waals surface area contributed by atoms with Gasteiger partial charge in [0, 0.05) is 18.3 Å². The largest absolute Gasteiger partial charge is 0.321 e. The molecule has 3 nitrogen and oxygen atoms in total. The average molecular weight is 212 g/mol. The highest BCUT2D eigenvalue weighted by atomic mass is 16.2. The third-order valence-electron chi connectivity index (χ3n) is 2.06. The molecule has 3 heteroatoms. The summed E-state index contributed by atoms with van der Waals surface area (Å²) in [5.74, 6) is 0.454. The number of rotatable bonds is 3. The van der Waals surface area contributed by atoms with Crippen molar-refractivity contribution >= 4 is 6.03 Å². The topological polar surface area (TPSA) is 32.3 Å². The summed E-state index contributed by atoms with van der Waals surface area (Å²) >= 11 is 0. The zero-order valence-corrected chi connectivity index (χ0v) is 10.8. The van der Waals surface area contributed by atoms with Crippen molar-refractivity contribution < 1.29 is 4.79 Å². The van der Waals surface area contributed by atoms with Gasteiger partial charge in [0.1, 0.15) is 0 Å². The maximum Gasteiger partial charge on any atom is 0.321 e. The molecule has 0 aromatic rings. The zero-order chi connectivity index (χ0) is 12.1. The van der Waals surface area contributed by atoms with Gasteiger partial charge in [-0.25, -0.2) is 4.79 Å². The van der Waals surface area contributed by atoms with Crippen molar-refractivity contribution in [1.82, 2.24) is 10.2 Å². The number of hydrogen-bond acceptors (Lipinski definition) is 1. The minimum absolute atomic E-state index is 0.0399. The SMILES string of the molecule is CCN(C(=O)N/C=C/C(C)C)C(C)(C)C. The first-order valence-electron chi connectivity index (χ1n) is 5.53. The van der Waals surface area contributed by atoms with E-state index in [9.17, 15) is 4.79 Å². The molecule has 0 saturated carbocycles. The van der Waals surface area contributed by atoms with Crippen LogP contribution in [0.5, 0.6) is 0 Å². The number of amides is 2. The minimum Gasteiger partial charge on any atom is -0.320 e. The normalized spacial score (nSPS) is 12.2. The molecule has 0 aliphatic carbocycles. The van der Waals surface area contributed by atoms with Crippen LogP contribution in [0.25, 0.3) is 0 Å². The molecule has 15 heavy (non-hydrogen) atoms. The van der Waals surface area contributed by atoms with E-state index in [1.165, 1.54) is 0 Å². The van der Waals surface area contributed by atoms with Crippen molar-refractivity contribution in [3.8, 4) is 0 Å². The van der Waals surface area contributed by atoms with Crippen LogP contribution in [0.1, 0.15) is 41.5 Å². The van der Waals surface area contributed by atoms with E-state index in [2.05, 4.69) is 19.2 Å². The molecule has 0 unspecified atom stereocenters. The molecule has 0 radical (unpaired) electrons. The number of carbonyl (C=O) groups is 1. The molecule has 0 aromatic carbocycles. The Morgan fingerprint density at radius 3 is 2.27 bits per heavy atom. The summed E-state index contributed by atoms with van der Waals surface area (Å²) in [5.41, 5.74) is -0.134. The van der Waals surface area contributed by atoms with Crippen LogP contribution >= 0.6 is 0 Å². The third-order valence-corrected chi connectivity index (χ3v) is 2.06. The molecular formula is C12H24N2O. The molecule has 88 valence electrons. The zero-order valence-electron chi connectivity index (χ0n) is 10.8. The highest BCUT2D eigenvalue weighted by Crippen LogP contribution is 2.12. The van der Waals surface area contributed by atoms with Crippen LogP contribution in [0.15, 0.2) is 12.3 Å². The Balaban J connectivity index is 4.30. The molecule has 0 saturated heterocycles. The summed E-state index contributed by atoms with van der Waals surface area (Å²) in [7, 11) is 0. The Morgan fingerprint density at radius 2 is 1.93 bits per heavy atom. The molecule has 1 N–H and O–H groups in total. The quantitative estimate of drug-likeness (QED) is 0.766. The highest BCUT2D eigenvalue weighted by molar-refractivity contribution is 5.75. The molecule has 0 bridgehead atoms. The maximum absolute atomic E-state index is 11.8. The summed E-state index contributed by atoms with van der Waals surface area (Å²) in [6, 6.07) is -0.0399. The third kappa shape index (κ3) is 5.45.